The Kier molecular flexibility index (Phi) is 5.88. The molecule has 2 N–H and O–H groups in total. The van der Waals surface area contributed by atoms with Crippen LogP contribution in [0.5, 0.6) is 11.5 Å². The Labute approximate surface area is 138 Å². The SMILES string of the molecule is COc1ccc(C(C)(C)CNC(=O)C2CCNCC2)cc1OC. The van der Waals surface area contributed by atoms with E-state index in [1.165, 1.54) is 0 Å². The third kappa shape index (κ3) is 4.38. The predicted molar refractivity (Wildman–Crippen MR) is 91.2 cm³/mol. The van der Waals surface area contributed by atoms with Gasteiger partial charge in [0.2, 0.25) is 5.91 Å². The van der Waals surface area contributed by atoms with Crippen molar-refractivity contribution in [2.24, 2.45) is 5.92 Å². The molecule has 1 aromatic carbocycles. The van der Waals surface area contributed by atoms with E-state index in [1.807, 2.05) is 18.2 Å². The Morgan fingerprint density at radius 3 is 2.48 bits per heavy atom. The van der Waals surface area contributed by atoms with Gasteiger partial charge in [-0.1, -0.05) is 19.9 Å². The van der Waals surface area contributed by atoms with Crippen molar-refractivity contribution >= 4 is 5.91 Å². The van der Waals surface area contributed by atoms with Crippen molar-refractivity contribution in [2.45, 2.75) is 32.1 Å². The molecule has 5 heteroatoms. The summed E-state index contributed by atoms with van der Waals surface area (Å²) in [6.45, 7) is 6.70. The van der Waals surface area contributed by atoms with Crippen LogP contribution in [0.1, 0.15) is 32.3 Å². The lowest BCUT2D eigenvalue weighted by Crippen LogP contribution is -2.42. The Morgan fingerprint density at radius 1 is 1.22 bits per heavy atom. The van der Waals surface area contributed by atoms with Crippen molar-refractivity contribution in [3.05, 3.63) is 23.8 Å². The zero-order valence-corrected chi connectivity index (χ0v) is 14.6. The zero-order valence-electron chi connectivity index (χ0n) is 14.6. The lowest BCUT2D eigenvalue weighted by atomic mass is 9.84. The zero-order chi connectivity index (χ0) is 16.9. The molecule has 0 atom stereocenters. The van der Waals surface area contributed by atoms with Gasteiger partial charge >= 0.3 is 0 Å². The molecule has 0 aliphatic carbocycles. The molecule has 0 unspecified atom stereocenters. The highest BCUT2D eigenvalue weighted by Crippen LogP contribution is 2.33. The fourth-order valence-electron chi connectivity index (χ4n) is 2.90. The number of rotatable bonds is 6. The summed E-state index contributed by atoms with van der Waals surface area (Å²) in [5, 5.41) is 6.40. The number of benzene rings is 1. The second-order valence-corrected chi connectivity index (χ2v) is 6.70. The van der Waals surface area contributed by atoms with E-state index >= 15 is 0 Å². The fraction of sp³-hybridized carbons (Fsp3) is 0.611. The van der Waals surface area contributed by atoms with Gasteiger partial charge in [0.25, 0.3) is 0 Å². The van der Waals surface area contributed by atoms with Crippen LogP contribution in [0.15, 0.2) is 18.2 Å². The van der Waals surface area contributed by atoms with E-state index in [9.17, 15) is 4.79 Å². The minimum absolute atomic E-state index is 0.137. The molecule has 1 fully saturated rings. The standard InChI is InChI=1S/C18H28N2O3/c1-18(2,12-20-17(21)13-7-9-19-10-8-13)14-5-6-15(22-3)16(11-14)23-4/h5-6,11,13,19H,7-10,12H2,1-4H3,(H,20,21). The van der Waals surface area contributed by atoms with E-state index in [0.717, 1.165) is 31.5 Å². The number of amides is 1. The van der Waals surface area contributed by atoms with Gasteiger partial charge in [0.15, 0.2) is 11.5 Å². The van der Waals surface area contributed by atoms with Crippen molar-refractivity contribution < 1.29 is 14.3 Å². The van der Waals surface area contributed by atoms with Crippen molar-refractivity contribution in [3.63, 3.8) is 0 Å². The van der Waals surface area contributed by atoms with E-state index in [4.69, 9.17) is 9.47 Å². The first kappa shape index (κ1) is 17.6. The summed E-state index contributed by atoms with van der Waals surface area (Å²) in [6, 6.07) is 5.91. The monoisotopic (exact) mass is 320 g/mol. The van der Waals surface area contributed by atoms with Crippen LogP contribution in [0.2, 0.25) is 0 Å². The molecule has 0 radical (unpaired) electrons. The molecule has 128 valence electrons. The maximum atomic E-state index is 12.3. The Balaban J connectivity index is 2.01. The number of hydrogen-bond donors (Lipinski definition) is 2. The molecule has 1 amide bonds. The molecule has 0 saturated carbocycles. The van der Waals surface area contributed by atoms with E-state index in [1.54, 1.807) is 14.2 Å². The van der Waals surface area contributed by atoms with Crippen molar-refractivity contribution in [1.82, 2.24) is 10.6 Å². The summed E-state index contributed by atoms with van der Waals surface area (Å²) in [6.07, 6.45) is 1.84. The maximum absolute atomic E-state index is 12.3. The molecular weight excluding hydrogens is 292 g/mol. The number of nitrogens with one attached hydrogen (secondary N) is 2. The van der Waals surface area contributed by atoms with Crippen LogP contribution in [0.3, 0.4) is 0 Å². The van der Waals surface area contributed by atoms with Crippen LogP contribution < -0.4 is 20.1 Å². The van der Waals surface area contributed by atoms with Crippen LogP contribution in [0.4, 0.5) is 0 Å². The maximum Gasteiger partial charge on any atom is 0.223 e. The van der Waals surface area contributed by atoms with Gasteiger partial charge in [0.05, 0.1) is 14.2 Å². The minimum Gasteiger partial charge on any atom is -0.493 e. The molecule has 2 rings (SSSR count). The smallest absolute Gasteiger partial charge is 0.223 e. The molecule has 0 aromatic heterocycles. The molecule has 0 spiro atoms. The van der Waals surface area contributed by atoms with E-state index in [0.29, 0.717) is 18.0 Å². The molecule has 5 nitrogen and oxygen atoms in total. The van der Waals surface area contributed by atoms with Gasteiger partial charge in [-0.15, -0.1) is 0 Å². The average Bonchev–Trinajstić information content (AvgIpc) is 2.59. The Bertz CT molecular complexity index is 537. The third-order valence-electron chi connectivity index (χ3n) is 4.58. The molecule has 1 heterocycles. The van der Waals surface area contributed by atoms with Crippen molar-refractivity contribution in [2.75, 3.05) is 33.9 Å². The molecule has 1 aromatic rings. The average molecular weight is 320 g/mol. The number of hydrogen-bond acceptors (Lipinski definition) is 4. The first-order chi connectivity index (χ1) is 11.0. The number of methoxy groups -OCH3 is 2. The first-order valence-corrected chi connectivity index (χ1v) is 8.19. The summed E-state index contributed by atoms with van der Waals surface area (Å²) >= 11 is 0. The first-order valence-electron chi connectivity index (χ1n) is 8.19. The molecule has 23 heavy (non-hydrogen) atoms. The van der Waals surface area contributed by atoms with E-state index in [2.05, 4.69) is 24.5 Å². The molecule has 1 aliphatic heterocycles. The number of piperidine rings is 1. The van der Waals surface area contributed by atoms with Crippen molar-refractivity contribution in [3.8, 4) is 11.5 Å². The van der Waals surface area contributed by atoms with Gasteiger partial charge in [-0.2, -0.15) is 0 Å². The Morgan fingerprint density at radius 2 is 1.87 bits per heavy atom. The highest BCUT2D eigenvalue weighted by molar-refractivity contribution is 5.78. The predicted octanol–water partition coefficient (Wildman–Crippen LogP) is 2.10. The molecule has 1 saturated heterocycles. The van der Waals surface area contributed by atoms with Gasteiger partial charge in [-0.05, 0) is 43.6 Å². The van der Waals surface area contributed by atoms with E-state index < -0.39 is 0 Å². The molecular formula is C18H28N2O3. The van der Waals surface area contributed by atoms with Gasteiger partial charge < -0.3 is 20.1 Å². The lowest BCUT2D eigenvalue weighted by molar-refractivity contribution is -0.125. The van der Waals surface area contributed by atoms with Crippen LogP contribution in [0.25, 0.3) is 0 Å². The van der Waals surface area contributed by atoms with Crippen molar-refractivity contribution in [1.29, 1.82) is 0 Å². The largest absolute Gasteiger partial charge is 0.493 e. The summed E-state index contributed by atoms with van der Waals surface area (Å²) in [5.74, 6) is 1.73. The van der Waals surface area contributed by atoms with Crippen LogP contribution in [-0.4, -0.2) is 39.8 Å². The second kappa shape index (κ2) is 7.68. The highest BCUT2D eigenvalue weighted by Gasteiger charge is 2.26. The van der Waals surface area contributed by atoms with Crippen LogP contribution >= 0.6 is 0 Å². The van der Waals surface area contributed by atoms with Gasteiger partial charge in [-0.25, -0.2) is 0 Å². The highest BCUT2D eigenvalue weighted by atomic mass is 16.5. The van der Waals surface area contributed by atoms with Crippen LogP contribution in [0, 0.1) is 5.92 Å². The molecule has 0 bridgehead atoms. The quantitative estimate of drug-likeness (QED) is 0.843. The Hall–Kier alpha value is -1.75. The van der Waals surface area contributed by atoms with E-state index in [-0.39, 0.29) is 17.2 Å². The lowest BCUT2D eigenvalue weighted by Gasteiger charge is -2.28. The third-order valence-corrected chi connectivity index (χ3v) is 4.58. The minimum atomic E-state index is -0.178. The summed E-state index contributed by atoms with van der Waals surface area (Å²) < 4.78 is 10.7. The molecule has 1 aliphatic rings. The fourth-order valence-corrected chi connectivity index (χ4v) is 2.90. The number of carbonyl (C=O) groups excluding carboxylic acids is 1. The summed E-state index contributed by atoms with van der Waals surface area (Å²) in [4.78, 5) is 12.3. The number of ether oxygens (including phenoxy) is 2. The van der Waals surface area contributed by atoms with Crippen LogP contribution in [-0.2, 0) is 10.2 Å². The van der Waals surface area contributed by atoms with Gasteiger partial charge in [-0.3, -0.25) is 4.79 Å². The topological polar surface area (TPSA) is 59.6 Å². The summed E-state index contributed by atoms with van der Waals surface area (Å²) in [7, 11) is 3.26. The van der Waals surface area contributed by atoms with Gasteiger partial charge in [0.1, 0.15) is 0 Å². The number of carbonyl (C=O) groups is 1. The summed E-state index contributed by atoms with van der Waals surface area (Å²) in [5.41, 5.74) is 0.933. The second-order valence-electron chi connectivity index (χ2n) is 6.70. The van der Waals surface area contributed by atoms with Gasteiger partial charge in [0, 0.05) is 17.9 Å². The normalized spacial score (nSPS) is 16.0.